The number of hydrogen-bond donors (Lipinski definition) is 0. The maximum Gasteiger partial charge on any atom is 0.237 e. The minimum absolute atomic E-state index is 0.0753. The third kappa shape index (κ3) is 3.65. The first kappa shape index (κ1) is 12.8. The van der Waals surface area contributed by atoms with Gasteiger partial charge in [-0.3, -0.25) is 4.79 Å². The highest BCUT2D eigenvalue weighted by Crippen LogP contribution is 2.18. The number of carbonyl (C=O) groups excluding carboxylic acids is 1. The second kappa shape index (κ2) is 5.71. The molecule has 0 N–H and O–H groups in total. The van der Waals surface area contributed by atoms with Gasteiger partial charge in [0.05, 0.1) is 0 Å². The maximum atomic E-state index is 11.4. The molecule has 0 spiro atoms. The van der Waals surface area contributed by atoms with Gasteiger partial charge in [0.1, 0.15) is 5.88 Å². The minimum atomic E-state index is 0.0753. The van der Waals surface area contributed by atoms with E-state index in [0.29, 0.717) is 12.0 Å². The zero-order chi connectivity index (χ0) is 11.4. The van der Waals surface area contributed by atoms with E-state index in [-0.39, 0.29) is 11.8 Å². The van der Waals surface area contributed by atoms with Crippen molar-refractivity contribution in [3.8, 4) is 0 Å². The zero-order valence-electron chi connectivity index (χ0n) is 9.87. The van der Waals surface area contributed by atoms with Gasteiger partial charge in [0.15, 0.2) is 0 Å². The van der Waals surface area contributed by atoms with Crippen molar-refractivity contribution in [1.82, 2.24) is 9.80 Å². The van der Waals surface area contributed by atoms with Gasteiger partial charge in [-0.25, -0.2) is 0 Å². The molecule has 0 aromatic rings. The zero-order valence-corrected chi connectivity index (χ0v) is 10.6. The minimum Gasteiger partial charge on any atom is -0.341 e. The number of carbonyl (C=O) groups is 1. The molecule has 1 saturated heterocycles. The van der Waals surface area contributed by atoms with Crippen LogP contribution < -0.4 is 0 Å². The fourth-order valence-corrected chi connectivity index (χ4v) is 2.08. The highest BCUT2D eigenvalue weighted by Gasteiger charge is 2.26. The van der Waals surface area contributed by atoms with Crippen molar-refractivity contribution < 1.29 is 4.79 Å². The van der Waals surface area contributed by atoms with Crippen LogP contribution in [-0.4, -0.2) is 54.3 Å². The third-order valence-electron chi connectivity index (χ3n) is 3.18. The topological polar surface area (TPSA) is 23.6 Å². The van der Waals surface area contributed by atoms with Gasteiger partial charge in [-0.1, -0.05) is 0 Å². The lowest BCUT2D eigenvalue weighted by Gasteiger charge is -2.24. The SMILES string of the molecule is CC(C)N(C)C[C@@H]1CCN(C(=O)CCl)C1. The fourth-order valence-electron chi connectivity index (χ4n) is 1.91. The molecular formula is C11H21ClN2O. The highest BCUT2D eigenvalue weighted by molar-refractivity contribution is 6.27. The first-order valence-corrected chi connectivity index (χ1v) is 6.12. The van der Waals surface area contributed by atoms with E-state index in [1.54, 1.807) is 0 Å². The van der Waals surface area contributed by atoms with E-state index in [1.165, 1.54) is 0 Å². The first-order valence-electron chi connectivity index (χ1n) is 5.58. The van der Waals surface area contributed by atoms with Crippen LogP contribution in [0.3, 0.4) is 0 Å². The standard InChI is InChI=1S/C11H21ClN2O/c1-9(2)13(3)7-10-4-5-14(8-10)11(15)6-12/h9-10H,4-8H2,1-3H3/t10-/m0/s1. The van der Waals surface area contributed by atoms with Crippen molar-refractivity contribution in [2.45, 2.75) is 26.3 Å². The molecule has 1 aliphatic rings. The Balaban J connectivity index is 2.33. The molecule has 0 aliphatic carbocycles. The van der Waals surface area contributed by atoms with Crippen molar-refractivity contribution in [3.63, 3.8) is 0 Å². The summed E-state index contributed by atoms with van der Waals surface area (Å²) in [5.41, 5.74) is 0. The summed E-state index contributed by atoms with van der Waals surface area (Å²) in [4.78, 5) is 15.6. The Bertz CT molecular complexity index is 221. The molecular weight excluding hydrogens is 212 g/mol. The van der Waals surface area contributed by atoms with Gasteiger partial charge in [-0.2, -0.15) is 0 Å². The summed E-state index contributed by atoms with van der Waals surface area (Å²) in [5.74, 6) is 0.808. The van der Waals surface area contributed by atoms with E-state index in [9.17, 15) is 4.79 Å². The Kier molecular flexibility index (Phi) is 4.87. The van der Waals surface area contributed by atoms with Crippen molar-refractivity contribution in [3.05, 3.63) is 0 Å². The smallest absolute Gasteiger partial charge is 0.237 e. The molecule has 0 aromatic heterocycles. The number of hydrogen-bond acceptors (Lipinski definition) is 2. The van der Waals surface area contributed by atoms with Gasteiger partial charge in [-0.15, -0.1) is 11.6 Å². The first-order chi connectivity index (χ1) is 7.04. The molecule has 0 radical (unpaired) electrons. The molecule has 3 nitrogen and oxygen atoms in total. The lowest BCUT2D eigenvalue weighted by molar-refractivity contribution is -0.127. The predicted molar refractivity (Wildman–Crippen MR) is 63.2 cm³/mol. The van der Waals surface area contributed by atoms with E-state index in [1.807, 2.05) is 4.90 Å². The van der Waals surface area contributed by atoms with Gasteiger partial charge in [0.25, 0.3) is 0 Å². The Morgan fingerprint density at radius 3 is 2.80 bits per heavy atom. The van der Waals surface area contributed by atoms with Gasteiger partial charge in [-0.05, 0) is 33.2 Å². The van der Waals surface area contributed by atoms with Crippen LogP contribution in [0.15, 0.2) is 0 Å². The molecule has 1 atom stereocenters. The van der Waals surface area contributed by atoms with Crippen molar-refractivity contribution in [2.24, 2.45) is 5.92 Å². The number of rotatable bonds is 4. The number of nitrogens with zero attached hydrogens (tertiary/aromatic N) is 2. The van der Waals surface area contributed by atoms with Crippen molar-refractivity contribution in [2.75, 3.05) is 32.6 Å². The van der Waals surface area contributed by atoms with Crippen LogP contribution in [0, 0.1) is 5.92 Å². The Morgan fingerprint density at radius 1 is 1.60 bits per heavy atom. The van der Waals surface area contributed by atoms with E-state index < -0.39 is 0 Å². The normalized spacial score (nSPS) is 21.7. The maximum absolute atomic E-state index is 11.4. The number of likely N-dealkylation sites (tertiary alicyclic amines) is 1. The van der Waals surface area contributed by atoms with Crippen molar-refractivity contribution in [1.29, 1.82) is 0 Å². The summed E-state index contributed by atoms with van der Waals surface area (Å²) in [6.07, 6.45) is 1.11. The van der Waals surface area contributed by atoms with Gasteiger partial charge >= 0.3 is 0 Å². The highest BCUT2D eigenvalue weighted by atomic mass is 35.5. The Morgan fingerprint density at radius 2 is 2.27 bits per heavy atom. The molecule has 15 heavy (non-hydrogen) atoms. The van der Waals surface area contributed by atoms with Crippen LogP contribution in [0.4, 0.5) is 0 Å². The van der Waals surface area contributed by atoms with Crippen molar-refractivity contribution >= 4 is 17.5 Å². The van der Waals surface area contributed by atoms with Crippen LogP contribution in [0.5, 0.6) is 0 Å². The lowest BCUT2D eigenvalue weighted by Crippen LogP contribution is -2.34. The summed E-state index contributed by atoms with van der Waals surface area (Å²) in [5, 5.41) is 0. The molecule has 1 fully saturated rings. The molecule has 1 rings (SSSR count). The molecule has 1 heterocycles. The average molecular weight is 233 g/mol. The van der Waals surface area contributed by atoms with E-state index in [2.05, 4.69) is 25.8 Å². The van der Waals surface area contributed by atoms with Crippen LogP contribution in [-0.2, 0) is 4.79 Å². The largest absolute Gasteiger partial charge is 0.341 e. The summed E-state index contributed by atoms with van der Waals surface area (Å²) in [6, 6.07) is 0.572. The van der Waals surface area contributed by atoms with Crippen LogP contribution in [0.25, 0.3) is 0 Å². The van der Waals surface area contributed by atoms with Gasteiger partial charge < -0.3 is 9.80 Å². The molecule has 0 unspecified atom stereocenters. The quantitative estimate of drug-likeness (QED) is 0.685. The molecule has 0 aromatic carbocycles. The second-order valence-corrected chi connectivity index (χ2v) is 4.93. The summed E-state index contributed by atoms with van der Waals surface area (Å²) in [7, 11) is 2.14. The summed E-state index contributed by atoms with van der Waals surface area (Å²) in [6.45, 7) is 7.21. The molecule has 0 bridgehead atoms. The summed E-state index contributed by atoms with van der Waals surface area (Å²) >= 11 is 5.53. The lowest BCUT2D eigenvalue weighted by atomic mass is 10.1. The van der Waals surface area contributed by atoms with Crippen LogP contribution >= 0.6 is 11.6 Å². The number of alkyl halides is 1. The molecule has 1 aliphatic heterocycles. The molecule has 88 valence electrons. The second-order valence-electron chi connectivity index (χ2n) is 4.66. The number of amides is 1. The van der Waals surface area contributed by atoms with Gasteiger partial charge in [0, 0.05) is 25.7 Å². The monoisotopic (exact) mass is 232 g/mol. The Labute approximate surface area is 97.4 Å². The molecule has 1 amide bonds. The molecule has 4 heteroatoms. The van der Waals surface area contributed by atoms with Crippen LogP contribution in [0.2, 0.25) is 0 Å². The average Bonchev–Trinajstić information content (AvgIpc) is 2.65. The van der Waals surface area contributed by atoms with Gasteiger partial charge in [0.2, 0.25) is 5.91 Å². The third-order valence-corrected chi connectivity index (χ3v) is 3.41. The Hall–Kier alpha value is -0.280. The number of halogens is 1. The van der Waals surface area contributed by atoms with E-state index >= 15 is 0 Å². The summed E-state index contributed by atoms with van der Waals surface area (Å²) < 4.78 is 0. The van der Waals surface area contributed by atoms with E-state index in [0.717, 1.165) is 26.1 Å². The fraction of sp³-hybridized carbons (Fsp3) is 0.909. The molecule has 0 saturated carbocycles. The van der Waals surface area contributed by atoms with Crippen LogP contribution in [0.1, 0.15) is 20.3 Å². The van der Waals surface area contributed by atoms with E-state index in [4.69, 9.17) is 11.6 Å². The predicted octanol–water partition coefficient (Wildman–Crippen LogP) is 1.41.